The van der Waals surface area contributed by atoms with Crippen LogP contribution in [0, 0.1) is 12.3 Å². The molecule has 0 aliphatic rings. The Labute approximate surface area is 163 Å². The second-order valence-electron chi connectivity index (χ2n) is 7.51. The van der Waals surface area contributed by atoms with Crippen LogP contribution in [0.1, 0.15) is 33.3 Å². The van der Waals surface area contributed by atoms with Crippen LogP contribution in [0.25, 0.3) is 0 Å². The average Bonchev–Trinajstić information content (AvgIpc) is 2.56. The lowest BCUT2D eigenvalue weighted by molar-refractivity contribution is -0.150. The molecule has 1 rings (SSSR count). The lowest BCUT2D eigenvalue weighted by Gasteiger charge is -2.35. The zero-order valence-corrected chi connectivity index (χ0v) is 17.3. The molecule has 0 unspecified atom stereocenters. The van der Waals surface area contributed by atoms with Crippen molar-refractivity contribution in [2.45, 2.75) is 57.6 Å². The molecule has 0 radical (unpaired) electrons. The van der Waals surface area contributed by atoms with Crippen LogP contribution in [-0.2, 0) is 14.3 Å². The maximum absolute atomic E-state index is 14.0. The molecule has 0 aromatic heterocycles. The van der Waals surface area contributed by atoms with Crippen molar-refractivity contribution < 1.29 is 27.8 Å². The van der Waals surface area contributed by atoms with Gasteiger partial charge in [-0.3, -0.25) is 0 Å². The van der Waals surface area contributed by atoms with Gasteiger partial charge < -0.3 is 14.8 Å². The summed E-state index contributed by atoms with van der Waals surface area (Å²) in [5.74, 6) is -1.06. The number of carbonyl (C=O) groups excluding carboxylic acids is 2. The van der Waals surface area contributed by atoms with E-state index in [0.717, 1.165) is 17.6 Å². The number of alkyl halides is 2. The lowest BCUT2D eigenvalue weighted by Crippen LogP contribution is -2.56. The summed E-state index contributed by atoms with van der Waals surface area (Å²) in [6.45, 7) is 8.09. The Kier molecular flexibility index (Phi) is 8.07. The summed E-state index contributed by atoms with van der Waals surface area (Å²) < 4.78 is 37.7. The first-order chi connectivity index (χ1) is 12.4. The minimum atomic E-state index is -2.88. The summed E-state index contributed by atoms with van der Waals surface area (Å²) in [6, 6.07) is 5.83. The Bertz CT molecular complexity index is 646. The Morgan fingerprint density at radius 1 is 1.15 bits per heavy atom. The van der Waals surface area contributed by atoms with Crippen molar-refractivity contribution in [3.05, 3.63) is 29.8 Å². The van der Waals surface area contributed by atoms with Crippen LogP contribution in [0.5, 0.6) is 0 Å². The predicted molar refractivity (Wildman–Crippen MR) is 101 cm³/mol. The van der Waals surface area contributed by atoms with Gasteiger partial charge in [-0.1, -0.05) is 24.6 Å². The Morgan fingerprint density at radius 2 is 1.70 bits per heavy atom. The topological polar surface area (TPSA) is 64.6 Å². The van der Waals surface area contributed by atoms with Crippen LogP contribution >= 0.6 is 11.8 Å². The highest BCUT2D eigenvalue weighted by atomic mass is 32.2. The van der Waals surface area contributed by atoms with Gasteiger partial charge in [0.1, 0.15) is 11.6 Å². The highest BCUT2D eigenvalue weighted by Crippen LogP contribution is 2.37. The first-order valence-corrected chi connectivity index (χ1v) is 9.42. The Morgan fingerprint density at radius 3 is 2.15 bits per heavy atom. The molecule has 27 heavy (non-hydrogen) atoms. The zero-order chi connectivity index (χ0) is 20.8. The van der Waals surface area contributed by atoms with Crippen molar-refractivity contribution >= 4 is 23.8 Å². The summed E-state index contributed by atoms with van der Waals surface area (Å²) in [5.41, 5.74) is -1.64. The summed E-state index contributed by atoms with van der Waals surface area (Å²) in [6.07, 6.45) is -3.83. The van der Waals surface area contributed by atoms with Crippen molar-refractivity contribution in [1.29, 1.82) is 0 Å². The van der Waals surface area contributed by atoms with E-state index in [-0.39, 0.29) is 5.75 Å². The molecule has 5 nitrogen and oxygen atoms in total. The number of hydrogen-bond donors (Lipinski definition) is 1. The summed E-state index contributed by atoms with van der Waals surface area (Å²) >= 11 is 1.18. The van der Waals surface area contributed by atoms with E-state index in [0.29, 0.717) is 0 Å². The van der Waals surface area contributed by atoms with Gasteiger partial charge in [0, 0.05) is 10.6 Å². The number of amides is 1. The fraction of sp³-hybridized carbons (Fsp3) is 0.579. The van der Waals surface area contributed by atoms with Gasteiger partial charge >= 0.3 is 12.1 Å². The van der Waals surface area contributed by atoms with E-state index < -0.39 is 35.5 Å². The van der Waals surface area contributed by atoms with E-state index in [1.807, 2.05) is 31.2 Å². The van der Waals surface area contributed by atoms with E-state index in [1.54, 1.807) is 20.8 Å². The number of methoxy groups -OCH3 is 1. The number of ether oxygens (including phenoxy) is 2. The van der Waals surface area contributed by atoms with Crippen LogP contribution in [0.3, 0.4) is 0 Å². The molecule has 0 bridgehead atoms. The van der Waals surface area contributed by atoms with Gasteiger partial charge in [0.05, 0.1) is 12.5 Å². The van der Waals surface area contributed by atoms with Crippen molar-refractivity contribution in [3.8, 4) is 0 Å². The fourth-order valence-electron chi connectivity index (χ4n) is 2.18. The molecule has 152 valence electrons. The molecule has 1 aromatic rings. The first-order valence-electron chi connectivity index (χ1n) is 8.44. The lowest BCUT2D eigenvalue weighted by atomic mass is 9.84. The fourth-order valence-corrected chi connectivity index (χ4v) is 3.28. The third-order valence-electron chi connectivity index (χ3n) is 3.83. The molecular formula is C19H27F2NO4S. The Hall–Kier alpha value is -1.83. The molecule has 2 atom stereocenters. The summed E-state index contributed by atoms with van der Waals surface area (Å²) in [4.78, 5) is 25.0. The van der Waals surface area contributed by atoms with Gasteiger partial charge in [-0.2, -0.15) is 0 Å². The maximum atomic E-state index is 14.0. The molecule has 0 spiro atoms. The molecule has 0 aliphatic carbocycles. The minimum absolute atomic E-state index is 0.108. The van der Waals surface area contributed by atoms with Crippen molar-refractivity contribution in [2.24, 2.45) is 5.41 Å². The van der Waals surface area contributed by atoms with Gasteiger partial charge in [-0.15, -0.1) is 11.8 Å². The van der Waals surface area contributed by atoms with Crippen LogP contribution in [0.2, 0.25) is 0 Å². The number of aryl methyl sites for hydroxylation is 1. The monoisotopic (exact) mass is 403 g/mol. The quantitative estimate of drug-likeness (QED) is 0.539. The second kappa shape index (κ2) is 9.39. The van der Waals surface area contributed by atoms with Crippen molar-refractivity contribution in [2.75, 3.05) is 12.9 Å². The number of alkyl carbamates (subject to hydrolysis) is 1. The van der Waals surface area contributed by atoms with Gasteiger partial charge in [0.2, 0.25) is 6.43 Å². The van der Waals surface area contributed by atoms with Crippen LogP contribution in [-0.4, -0.2) is 43.0 Å². The third-order valence-corrected chi connectivity index (χ3v) is 5.20. The first kappa shape index (κ1) is 23.2. The summed E-state index contributed by atoms with van der Waals surface area (Å²) in [7, 11) is 1.09. The minimum Gasteiger partial charge on any atom is -0.467 e. The van der Waals surface area contributed by atoms with Crippen LogP contribution in [0.15, 0.2) is 29.2 Å². The smallest absolute Gasteiger partial charge is 0.408 e. The molecule has 0 saturated heterocycles. The number of benzene rings is 1. The molecule has 0 heterocycles. The van der Waals surface area contributed by atoms with E-state index in [2.05, 4.69) is 10.1 Å². The molecule has 1 aromatic carbocycles. The van der Waals surface area contributed by atoms with Crippen LogP contribution < -0.4 is 5.32 Å². The maximum Gasteiger partial charge on any atom is 0.408 e. The summed E-state index contributed by atoms with van der Waals surface area (Å²) in [5, 5.41) is 2.26. The molecule has 1 N–H and O–H groups in total. The molecule has 0 aliphatic heterocycles. The number of rotatable bonds is 7. The normalized spacial score (nSPS) is 15.0. The average molecular weight is 403 g/mol. The number of carbonyl (C=O) groups is 2. The van der Waals surface area contributed by atoms with Crippen LogP contribution in [0.4, 0.5) is 13.6 Å². The number of thioether (sulfide) groups is 1. The van der Waals surface area contributed by atoms with Gasteiger partial charge in [-0.25, -0.2) is 18.4 Å². The highest BCUT2D eigenvalue weighted by molar-refractivity contribution is 7.99. The van der Waals surface area contributed by atoms with Gasteiger partial charge in [0.15, 0.2) is 0 Å². The number of hydrogen-bond acceptors (Lipinski definition) is 5. The third kappa shape index (κ3) is 7.01. The molecule has 0 fully saturated rings. The van der Waals surface area contributed by atoms with Crippen molar-refractivity contribution in [3.63, 3.8) is 0 Å². The molecule has 0 saturated carbocycles. The molecular weight excluding hydrogens is 376 g/mol. The van der Waals surface area contributed by atoms with E-state index in [9.17, 15) is 18.4 Å². The van der Waals surface area contributed by atoms with Gasteiger partial charge in [-0.05, 0) is 39.8 Å². The van der Waals surface area contributed by atoms with Gasteiger partial charge in [0.25, 0.3) is 0 Å². The standard InChI is InChI=1S/C19H27F2NO4S/c1-12-7-9-13(10-8-12)27-11-19(5,16(20)21)14(15(23)25-6)22-17(24)26-18(2,3)4/h7-10,14,16H,11H2,1-6H3,(H,22,24)/t14-,19-/m1/s1. The van der Waals surface area contributed by atoms with E-state index in [1.165, 1.54) is 18.7 Å². The zero-order valence-electron chi connectivity index (χ0n) is 16.5. The molecule has 1 amide bonds. The number of esters is 1. The largest absolute Gasteiger partial charge is 0.467 e. The van der Waals surface area contributed by atoms with E-state index >= 15 is 0 Å². The Balaban J connectivity index is 3.04. The van der Waals surface area contributed by atoms with E-state index in [4.69, 9.17) is 4.74 Å². The highest BCUT2D eigenvalue weighted by Gasteiger charge is 2.48. The second-order valence-corrected chi connectivity index (χ2v) is 8.56. The number of nitrogens with one attached hydrogen (secondary N) is 1. The number of halogens is 2. The van der Waals surface area contributed by atoms with Crippen molar-refractivity contribution in [1.82, 2.24) is 5.32 Å². The molecule has 8 heteroatoms. The predicted octanol–water partition coefficient (Wildman–Crippen LogP) is 4.42. The SMILES string of the molecule is COC(=O)[C@@H](NC(=O)OC(C)(C)C)[C@@](C)(CSc1ccc(C)cc1)C(F)F.